The van der Waals surface area contributed by atoms with E-state index in [2.05, 4.69) is 10.3 Å². The molecule has 0 fully saturated rings. The third-order valence-electron chi connectivity index (χ3n) is 2.60. The van der Waals surface area contributed by atoms with Crippen LogP contribution in [0, 0.1) is 5.82 Å². The van der Waals surface area contributed by atoms with Gasteiger partial charge in [0.2, 0.25) is 0 Å². The molecule has 0 saturated heterocycles. The van der Waals surface area contributed by atoms with Crippen LogP contribution in [-0.4, -0.2) is 21.1 Å². The number of nitrogens with one attached hydrogen (secondary N) is 1. The first-order chi connectivity index (χ1) is 10.6. The van der Waals surface area contributed by atoms with Crippen LogP contribution < -0.4 is 10.9 Å². The van der Waals surface area contributed by atoms with Crippen molar-refractivity contribution in [3.63, 3.8) is 0 Å². The molecule has 0 aliphatic heterocycles. The molecule has 0 bridgehead atoms. The summed E-state index contributed by atoms with van der Waals surface area (Å²) in [6.45, 7) is 4.94. The van der Waals surface area contributed by atoms with Crippen molar-refractivity contribution in [3.8, 4) is 0 Å². The first-order valence-corrected chi connectivity index (χ1v) is 6.58. The first kappa shape index (κ1) is 16.8. The minimum absolute atomic E-state index is 0.0713. The predicted octanol–water partition coefficient (Wildman–Crippen LogP) is 3.12. The molecule has 0 saturated carbocycles. The van der Waals surface area contributed by atoms with Gasteiger partial charge in [-0.2, -0.15) is 0 Å². The third-order valence-corrected chi connectivity index (χ3v) is 2.60. The van der Waals surface area contributed by atoms with Gasteiger partial charge in [0.25, 0.3) is 12.0 Å². The summed E-state index contributed by atoms with van der Waals surface area (Å²) in [4.78, 5) is 26.9. The molecule has 0 radical (unpaired) electrons. The van der Waals surface area contributed by atoms with E-state index in [4.69, 9.17) is 4.74 Å². The van der Waals surface area contributed by atoms with Gasteiger partial charge in [-0.15, -0.1) is 0 Å². The van der Waals surface area contributed by atoms with Gasteiger partial charge in [-0.3, -0.25) is 14.5 Å². The molecule has 0 aliphatic carbocycles. The molecule has 2 aromatic heterocycles. The highest BCUT2D eigenvalue weighted by Gasteiger charge is 2.18. The summed E-state index contributed by atoms with van der Waals surface area (Å²) in [6, 6.07) is 1.47. The Balaban J connectivity index is 2.42. The lowest BCUT2D eigenvalue weighted by molar-refractivity contribution is 0.0636. The highest BCUT2D eigenvalue weighted by molar-refractivity contribution is 5.84. The van der Waals surface area contributed by atoms with E-state index in [1.54, 1.807) is 20.8 Å². The number of aromatic nitrogens is 2. The molecule has 2 heterocycles. The number of carbonyl (C=O) groups is 1. The van der Waals surface area contributed by atoms with Gasteiger partial charge in [-0.1, -0.05) is 0 Å². The van der Waals surface area contributed by atoms with E-state index in [0.717, 1.165) is 16.7 Å². The van der Waals surface area contributed by atoms with Crippen molar-refractivity contribution in [3.05, 3.63) is 40.2 Å². The Labute approximate surface area is 128 Å². The number of fused-ring (bicyclic) bond motifs is 1. The molecule has 0 aromatic carbocycles. The number of pyridine rings is 1. The van der Waals surface area contributed by atoms with Crippen molar-refractivity contribution < 1.29 is 22.7 Å². The van der Waals surface area contributed by atoms with E-state index in [1.165, 1.54) is 0 Å². The Hall–Kier alpha value is -2.58. The van der Waals surface area contributed by atoms with Gasteiger partial charge in [0.1, 0.15) is 11.3 Å². The van der Waals surface area contributed by atoms with Crippen LogP contribution in [0.4, 0.5) is 23.7 Å². The minimum atomic E-state index is -2.99. The Bertz CT molecular complexity index is 812. The zero-order chi connectivity index (χ0) is 17.4. The van der Waals surface area contributed by atoms with Crippen LogP contribution in [0.15, 0.2) is 23.1 Å². The van der Waals surface area contributed by atoms with Crippen LogP contribution in [-0.2, 0) is 4.74 Å². The maximum Gasteiger partial charge on any atom is 0.412 e. The number of nitrogens with zero attached hydrogens (tertiary/aromatic N) is 2. The first-order valence-electron chi connectivity index (χ1n) is 6.58. The van der Waals surface area contributed by atoms with E-state index < -0.39 is 40.8 Å². The molecule has 0 unspecified atom stereocenters. The fourth-order valence-electron chi connectivity index (χ4n) is 1.78. The van der Waals surface area contributed by atoms with Crippen LogP contribution >= 0.6 is 0 Å². The maximum atomic E-state index is 14.0. The van der Waals surface area contributed by atoms with Crippen LogP contribution in [0.25, 0.3) is 5.65 Å². The van der Waals surface area contributed by atoms with Gasteiger partial charge in [-0.25, -0.2) is 22.9 Å². The van der Waals surface area contributed by atoms with E-state index in [9.17, 15) is 22.8 Å². The molecule has 1 amide bonds. The number of rotatable bonds is 2. The van der Waals surface area contributed by atoms with E-state index >= 15 is 0 Å². The summed E-state index contributed by atoms with van der Waals surface area (Å²) in [7, 11) is 0. The Morgan fingerprint density at radius 3 is 2.57 bits per heavy atom. The molecule has 2 aromatic rings. The highest BCUT2D eigenvalue weighted by Crippen LogP contribution is 2.19. The molecule has 0 atom stereocenters. The molecular weight excluding hydrogens is 315 g/mol. The summed E-state index contributed by atoms with van der Waals surface area (Å²) in [6.07, 6.45) is -2.76. The average Bonchev–Trinajstić information content (AvgIpc) is 2.37. The summed E-state index contributed by atoms with van der Waals surface area (Å²) in [5.74, 6) is -1.03. The van der Waals surface area contributed by atoms with Gasteiger partial charge in [-0.05, 0) is 20.8 Å². The third kappa shape index (κ3) is 3.99. The molecule has 1 N–H and O–H groups in total. The molecule has 0 aliphatic rings. The maximum absolute atomic E-state index is 14.0. The summed E-state index contributed by atoms with van der Waals surface area (Å²) < 4.78 is 44.9. The van der Waals surface area contributed by atoms with Crippen molar-refractivity contribution >= 4 is 17.4 Å². The second-order valence-corrected chi connectivity index (χ2v) is 5.72. The van der Waals surface area contributed by atoms with Crippen LogP contribution in [0.1, 0.15) is 32.9 Å². The topological polar surface area (TPSA) is 72.7 Å². The van der Waals surface area contributed by atoms with Crippen molar-refractivity contribution in [1.29, 1.82) is 0 Å². The zero-order valence-electron chi connectivity index (χ0n) is 12.6. The van der Waals surface area contributed by atoms with Crippen molar-refractivity contribution in [2.24, 2.45) is 0 Å². The standard InChI is InChI=1S/C14H14F3N3O3/c1-14(2,3)23-13(22)18-7-4-8(15)12-19-9(11(16)17)5-10(21)20(12)6-7/h4-6,11H,1-3H3,(H,18,22). The molecule has 9 heteroatoms. The van der Waals surface area contributed by atoms with E-state index in [0.29, 0.717) is 6.07 Å². The van der Waals surface area contributed by atoms with E-state index in [1.807, 2.05) is 0 Å². The Morgan fingerprint density at radius 1 is 1.35 bits per heavy atom. The van der Waals surface area contributed by atoms with Gasteiger partial charge in [0.05, 0.1) is 5.69 Å². The zero-order valence-corrected chi connectivity index (χ0v) is 12.6. The predicted molar refractivity (Wildman–Crippen MR) is 76.2 cm³/mol. The number of carbonyl (C=O) groups excluding carboxylic acids is 1. The van der Waals surface area contributed by atoms with Gasteiger partial charge in [0, 0.05) is 18.3 Å². The number of anilines is 1. The molecular formula is C14H14F3N3O3. The molecule has 0 spiro atoms. The quantitative estimate of drug-likeness (QED) is 0.919. The van der Waals surface area contributed by atoms with Crippen molar-refractivity contribution in [2.75, 3.05) is 5.32 Å². The number of hydrogen-bond acceptors (Lipinski definition) is 4. The second-order valence-electron chi connectivity index (χ2n) is 5.72. The van der Waals surface area contributed by atoms with Gasteiger partial charge < -0.3 is 4.74 Å². The molecule has 124 valence electrons. The summed E-state index contributed by atoms with van der Waals surface area (Å²) in [5.41, 5.74) is -3.09. The highest BCUT2D eigenvalue weighted by atomic mass is 19.3. The smallest absolute Gasteiger partial charge is 0.412 e. The number of hydrogen-bond donors (Lipinski definition) is 1. The Morgan fingerprint density at radius 2 is 2.00 bits per heavy atom. The summed E-state index contributed by atoms with van der Waals surface area (Å²) >= 11 is 0. The second kappa shape index (κ2) is 5.90. The monoisotopic (exact) mass is 329 g/mol. The average molecular weight is 329 g/mol. The largest absolute Gasteiger partial charge is 0.444 e. The number of ether oxygens (including phenoxy) is 1. The lowest BCUT2D eigenvalue weighted by Gasteiger charge is -2.19. The SMILES string of the molecule is CC(C)(C)OC(=O)Nc1cc(F)c2nc(C(F)F)cc(=O)n2c1. The van der Waals surface area contributed by atoms with Crippen molar-refractivity contribution in [2.45, 2.75) is 32.8 Å². The number of halogens is 3. The number of amides is 1. The minimum Gasteiger partial charge on any atom is -0.444 e. The van der Waals surface area contributed by atoms with Crippen LogP contribution in [0.5, 0.6) is 0 Å². The normalized spacial score (nSPS) is 11.8. The van der Waals surface area contributed by atoms with Crippen LogP contribution in [0.3, 0.4) is 0 Å². The summed E-state index contributed by atoms with van der Waals surface area (Å²) in [5, 5.41) is 2.26. The van der Waals surface area contributed by atoms with Gasteiger partial charge >= 0.3 is 6.09 Å². The molecule has 6 nitrogen and oxygen atoms in total. The van der Waals surface area contributed by atoms with Gasteiger partial charge in [0.15, 0.2) is 11.5 Å². The van der Waals surface area contributed by atoms with Crippen LogP contribution in [0.2, 0.25) is 0 Å². The Kier molecular flexibility index (Phi) is 4.31. The molecule has 23 heavy (non-hydrogen) atoms. The lowest BCUT2D eigenvalue weighted by atomic mass is 10.2. The van der Waals surface area contributed by atoms with Crippen molar-refractivity contribution in [1.82, 2.24) is 9.38 Å². The molecule has 2 rings (SSSR count). The number of alkyl halides is 2. The van der Waals surface area contributed by atoms with E-state index in [-0.39, 0.29) is 5.69 Å². The fraction of sp³-hybridized carbons (Fsp3) is 0.357. The fourth-order valence-corrected chi connectivity index (χ4v) is 1.78. The lowest BCUT2D eigenvalue weighted by Crippen LogP contribution is -2.27.